The molecular formula is C8H11N3O2. The molecule has 0 unspecified atom stereocenters. The van der Waals surface area contributed by atoms with Crippen molar-refractivity contribution < 1.29 is 9.32 Å². The molecule has 1 aromatic rings. The SMILES string of the molecule is CC(=O)Nc1onc2c1CNCC2. The number of carbonyl (C=O) groups excluding carboxylic acids is 1. The standard InChI is InChI=1S/C8H11N3O2/c1-5(12)10-8-6-4-9-3-2-7(6)11-13-8/h9H,2-4H2,1H3,(H,10,12). The van der Waals surface area contributed by atoms with Crippen LogP contribution in [0.3, 0.4) is 0 Å². The minimum atomic E-state index is -0.135. The summed E-state index contributed by atoms with van der Waals surface area (Å²) in [5.41, 5.74) is 1.92. The predicted molar refractivity (Wildman–Crippen MR) is 46.2 cm³/mol. The van der Waals surface area contributed by atoms with Gasteiger partial charge in [-0.1, -0.05) is 5.16 Å². The first-order chi connectivity index (χ1) is 6.27. The molecule has 1 aliphatic heterocycles. The van der Waals surface area contributed by atoms with Crippen molar-refractivity contribution in [1.82, 2.24) is 10.5 Å². The van der Waals surface area contributed by atoms with Gasteiger partial charge >= 0.3 is 0 Å². The number of fused-ring (bicyclic) bond motifs is 1. The summed E-state index contributed by atoms with van der Waals surface area (Å²) in [6.07, 6.45) is 0.860. The number of hydrogen-bond donors (Lipinski definition) is 2. The molecule has 13 heavy (non-hydrogen) atoms. The smallest absolute Gasteiger partial charge is 0.235 e. The highest BCUT2D eigenvalue weighted by molar-refractivity contribution is 5.87. The molecule has 0 aromatic carbocycles. The van der Waals surface area contributed by atoms with E-state index in [0.717, 1.165) is 24.2 Å². The average molecular weight is 181 g/mol. The van der Waals surface area contributed by atoms with Gasteiger partial charge in [-0.25, -0.2) is 0 Å². The fourth-order valence-corrected chi connectivity index (χ4v) is 1.40. The van der Waals surface area contributed by atoms with E-state index in [-0.39, 0.29) is 5.91 Å². The van der Waals surface area contributed by atoms with E-state index in [1.165, 1.54) is 6.92 Å². The average Bonchev–Trinajstić information content (AvgIpc) is 2.48. The highest BCUT2D eigenvalue weighted by atomic mass is 16.5. The summed E-state index contributed by atoms with van der Waals surface area (Å²) in [5.74, 6) is 0.347. The van der Waals surface area contributed by atoms with Gasteiger partial charge in [-0.15, -0.1) is 0 Å². The summed E-state index contributed by atoms with van der Waals surface area (Å²) in [4.78, 5) is 10.8. The number of carbonyl (C=O) groups is 1. The second-order valence-electron chi connectivity index (χ2n) is 3.04. The quantitative estimate of drug-likeness (QED) is 0.653. The number of nitrogens with one attached hydrogen (secondary N) is 2. The molecule has 5 nitrogen and oxygen atoms in total. The van der Waals surface area contributed by atoms with Crippen molar-refractivity contribution >= 4 is 11.8 Å². The summed E-state index contributed by atoms with van der Waals surface area (Å²) in [5, 5.41) is 9.67. The Kier molecular flexibility index (Phi) is 2.02. The monoisotopic (exact) mass is 181 g/mol. The lowest BCUT2D eigenvalue weighted by Gasteiger charge is -2.10. The molecule has 70 valence electrons. The minimum absolute atomic E-state index is 0.135. The fourth-order valence-electron chi connectivity index (χ4n) is 1.40. The van der Waals surface area contributed by atoms with E-state index in [0.29, 0.717) is 12.4 Å². The number of rotatable bonds is 1. The Balaban J connectivity index is 2.26. The Hall–Kier alpha value is -1.36. The lowest BCUT2D eigenvalue weighted by Crippen LogP contribution is -2.23. The highest BCUT2D eigenvalue weighted by Gasteiger charge is 2.19. The van der Waals surface area contributed by atoms with Crippen LogP contribution >= 0.6 is 0 Å². The first kappa shape index (κ1) is 8.25. The van der Waals surface area contributed by atoms with Crippen LogP contribution in [0.2, 0.25) is 0 Å². The van der Waals surface area contributed by atoms with Gasteiger partial charge in [0.25, 0.3) is 0 Å². The maximum Gasteiger partial charge on any atom is 0.235 e. The van der Waals surface area contributed by atoms with E-state index in [1.807, 2.05) is 0 Å². The molecule has 1 aromatic heterocycles. The van der Waals surface area contributed by atoms with E-state index in [2.05, 4.69) is 15.8 Å². The summed E-state index contributed by atoms with van der Waals surface area (Å²) in [6.45, 7) is 3.08. The highest BCUT2D eigenvalue weighted by Crippen LogP contribution is 2.21. The predicted octanol–water partition coefficient (Wildman–Crippen LogP) is 0.279. The molecular weight excluding hydrogens is 170 g/mol. The minimum Gasteiger partial charge on any atom is -0.338 e. The van der Waals surface area contributed by atoms with Crippen LogP contribution in [0.25, 0.3) is 0 Å². The Morgan fingerprint density at radius 2 is 2.54 bits per heavy atom. The molecule has 1 aliphatic rings. The molecule has 2 heterocycles. The van der Waals surface area contributed by atoms with Crippen molar-refractivity contribution in [3.8, 4) is 0 Å². The van der Waals surface area contributed by atoms with Crippen molar-refractivity contribution in [2.45, 2.75) is 19.9 Å². The zero-order valence-corrected chi connectivity index (χ0v) is 7.39. The number of nitrogens with zero attached hydrogens (tertiary/aromatic N) is 1. The normalized spacial score (nSPS) is 15.2. The largest absolute Gasteiger partial charge is 0.338 e. The maximum atomic E-state index is 10.8. The molecule has 0 aliphatic carbocycles. The van der Waals surface area contributed by atoms with Crippen LogP contribution in [0.1, 0.15) is 18.2 Å². The van der Waals surface area contributed by atoms with Crippen LogP contribution in [0, 0.1) is 0 Å². The lowest BCUT2D eigenvalue weighted by molar-refractivity contribution is -0.114. The second-order valence-corrected chi connectivity index (χ2v) is 3.04. The van der Waals surface area contributed by atoms with E-state index < -0.39 is 0 Å². The molecule has 0 fully saturated rings. The van der Waals surface area contributed by atoms with Crippen LogP contribution in [-0.4, -0.2) is 17.6 Å². The van der Waals surface area contributed by atoms with Gasteiger partial charge in [0.2, 0.25) is 11.8 Å². The van der Waals surface area contributed by atoms with E-state index in [1.54, 1.807) is 0 Å². The first-order valence-electron chi connectivity index (χ1n) is 4.23. The Morgan fingerprint density at radius 3 is 3.31 bits per heavy atom. The Labute approximate surface area is 75.5 Å². The summed E-state index contributed by atoms with van der Waals surface area (Å²) in [7, 11) is 0. The van der Waals surface area contributed by atoms with Crippen molar-refractivity contribution in [3.05, 3.63) is 11.3 Å². The van der Waals surface area contributed by atoms with Gasteiger partial charge in [-0.2, -0.15) is 0 Å². The lowest BCUT2D eigenvalue weighted by atomic mass is 10.1. The third-order valence-electron chi connectivity index (χ3n) is 2.00. The van der Waals surface area contributed by atoms with Gasteiger partial charge in [-0.05, 0) is 0 Å². The van der Waals surface area contributed by atoms with Crippen molar-refractivity contribution in [2.24, 2.45) is 0 Å². The molecule has 5 heteroatoms. The molecule has 2 N–H and O–H groups in total. The van der Waals surface area contributed by atoms with Gasteiger partial charge < -0.3 is 9.84 Å². The Bertz CT molecular complexity index is 332. The summed E-state index contributed by atoms with van der Waals surface area (Å²) in [6, 6.07) is 0. The molecule has 0 atom stereocenters. The van der Waals surface area contributed by atoms with Crippen molar-refractivity contribution in [1.29, 1.82) is 0 Å². The van der Waals surface area contributed by atoms with E-state index in [4.69, 9.17) is 4.52 Å². The molecule has 0 bridgehead atoms. The maximum absolute atomic E-state index is 10.8. The zero-order valence-electron chi connectivity index (χ0n) is 7.39. The number of anilines is 1. The molecule has 0 saturated carbocycles. The van der Waals surface area contributed by atoms with Crippen molar-refractivity contribution in [3.63, 3.8) is 0 Å². The van der Waals surface area contributed by atoms with E-state index >= 15 is 0 Å². The number of hydrogen-bond acceptors (Lipinski definition) is 4. The number of amides is 1. The van der Waals surface area contributed by atoms with Crippen LogP contribution in [0.4, 0.5) is 5.88 Å². The third kappa shape index (κ3) is 1.55. The van der Waals surface area contributed by atoms with Gasteiger partial charge in [0, 0.05) is 26.4 Å². The zero-order chi connectivity index (χ0) is 9.26. The number of aromatic nitrogens is 1. The van der Waals surface area contributed by atoms with Crippen molar-refractivity contribution in [2.75, 3.05) is 11.9 Å². The van der Waals surface area contributed by atoms with Gasteiger partial charge in [-0.3, -0.25) is 10.1 Å². The van der Waals surface area contributed by atoms with Crippen LogP contribution < -0.4 is 10.6 Å². The van der Waals surface area contributed by atoms with Crippen LogP contribution in [-0.2, 0) is 17.8 Å². The topological polar surface area (TPSA) is 67.2 Å². The van der Waals surface area contributed by atoms with E-state index in [9.17, 15) is 4.79 Å². The Morgan fingerprint density at radius 1 is 1.69 bits per heavy atom. The fraction of sp³-hybridized carbons (Fsp3) is 0.500. The first-order valence-corrected chi connectivity index (χ1v) is 4.23. The molecule has 0 radical (unpaired) electrons. The molecule has 1 amide bonds. The van der Waals surface area contributed by atoms with Crippen LogP contribution in [0.5, 0.6) is 0 Å². The van der Waals surface area contributed by atoms with Gasteiger partial charge in [0.05, 0.1) is 11.3 Å². The van der Waals surface area contributed by atoms with Crippen LogP contribution in [0.15, 0.2) is 4.52 Å². The third-order valence-corrected chi connectivity index (χ3v) is 2.00. The summed E-state index contributed by atoms with van der Waals surface area (Å²) < 4.78 is 5.01. The molecule has 0 spiro atoms. The summed E-state index contributed by atoms with van der Waals surface area (Å²) >= 11 is 0. The van der Waals surface area contributed by atoms with Gasteiger partial charge in [0.15, 0.2) is 0 Å². The molecule has 2 rings (SSSR count). The second kappa shape index (κ2) is 3.18. The van der Waals surface area contributed by atoms with Gasteiger partial charge in [0.1, 0.15) is 0 Å². The molecule has 0 saturated heterocycles.